The molecule has 5 heteroatoms. The van der Waals surface area contributed by atoms with Gasteiger partial charge in [-0.05, 0) is 6.07 Å². The molecule has 0 spiro atoms. The number of hydrogen-bond donors (Lipinski definition) is 0. The Bertz CT molecular complexity index is 591. The van der Waals surface area contributed by atoms with Crippen LogP contribution in [0.4, 0.5) is 5.69 Å². The third-order valence-electron chi connectivity index (χ3n) is 2.65. The molecule has 1 aliphatic rings. The number of rotatable bonds is 3. The van der Waals surface area contributed by atoms with E-state index in [1.807, 2.05) is 18.3 Å². The average molecular weight is 262 g/mol. The number of aromatic nitrogens is 1. The third-order valence-corrected chi connectivity index (χ3v) is 3.43. The smallest absolute Gasteiger partial charge is 0.162 e. The molecule has 0 unspecified atom stereocenters. The molecule has 0 N–H and O–H groups in total. The molecule has 0 radical (unpaired) electrons. The molecule has 0 saturated heterocycles. The summed E-state index contributed by atoms with van der Waals surface area (Å²) in [5.74, 6) is 1.43. The van der Waals surface area contributed by atoms with Crippen LogP contribution in [0.5, 0.6) is 11.5 Å². The standard InChI is InChI=1S/C12H10N2O2S.CH4/c1-15-9-3-7-8(4-10(9)16-2)14-12(7)11-5-13-6-17-11;/h3-6H,1-2H3;1H4. The molecule has 18 heavy (non-hydrogen) atoms. The molecule has 0 bridgehead atoms. The second-order valence-corrected chi connectivity index (χ2v) is 4.44. The molecule has 94 valence electrons. The first kappa shape index (κ1) is 12.6. The van der Waals surface area contributed by atoms with Gasteiger partial charge in [0.15, 0.2) is 11.5 Å². The summed E-state index contributed by atoms with van der Waals surface area (Å²) in [6, 6.07) is 3.84. The molecule has 0 aliphatic carbocycles. The molecule has 0 amide bonds. The Labute approximate surface area is 110 Å². The lowest BCUT2D eigenvalue weighted by atomic mass is 10.0. The summed E-state index contributed by atoms with van der Waals surface area (Å²) in [4.78, 5) is 9.59. The molecular weight excluding hydrogens is 248 g/mol. The van der Waals surface area contributed by atoms with E-state index in [4.69, 9.17) is 9.47 Å². The van der Waals surface area contributed by atoms with Crippen LogP contribution in [0, 0.1) is 0 Å². The van der Waals surface area contributed by atoms with Crippen molar-refractivity contribution in [1.82, 2.24) is 4.98 Å². The largest absolute Gasteiger partial charge is 0.493 e. The predicted molar refractivity (Wildman–Crippen MR) is 73.7 cm³/mol. The van der Waals surface area contributed by atoms with Crippen molar-refractivity contribution in [3.8, 4) is 11.5 Å². The molecule has 2 heterocycles. The number of fused-ring (bicyclic) bond motifs is 1. The molecule has 1 aromatic heterocycles. The second kappa shape index (κ2) is 4.78. The number of methoxy groups -OCH3 is 2. The van der Waals surface area contributed by atoms with Crippen LogP contribution in [0.25, 0.3) is 0 Å². The van der Waals surface area contributed by atoms with Crippen LogP contribution in [0.3, 0.4) is 0 Å². The highest BCUT2D eigenvalue weighted by Crippen LogP contribution is 2.41. The summed E-state index contributed by atoms with van der Waals surface area (Å²) in [5, 5.41) is 0. The van der Waals surface area contributed by atoms with Gasteiger partial charge in [0.2, 0.25) is 0 Å². The summed E-state index contributed by atoms with van der Waals surface area (Å²) in [6.07, 6.45) is 1.82. The number of benzene rings is 1. The van der Waals surface area contributed by atoms with E-state index in [9.17, 15) is 0 Å². The van der Waals surface area contributed by atoms with E-state index in [0.29, 0.717) is 5.75 Å². The van der Waals surface area contributed by atoms with Gasteiger partial charge in [0.25, 0.3) is 0 Å². The number of ether oxygens (including phenoxy) is 2. The van der Waals surface area contributed by atoms with E-state index >= 15 is 0 Å². The topological polar surface area (TPSA) is 43.7 Å². The number of aliphatic imine (C=N–C) groups is 1. The van der Waals surface area contributed by atoms with Gasteiger partial charge < -0.3 is 9.47 Å². The average Bonchev–Trinajstić information content (AvgIpc) is 2.84. The van der Waals surface area contributed by atoms with Gasteiger partial charge in [-0.15, -0.1) is 11.3 Å². The van der Waals surface area contributed by atoms with Crippen molar-refractivity contribution < 1.29 is 9.47 Å². The number of nitrogens with zero attached hydrogens (tertiary/aromatic N) is 2. The van der Waals surface area contributed by atoms with Gasteiger partial charge >= 0.3 is 0 Å². The minimum absolute atomic E-state index is 0. The Morgan fingerprint density at radius 2 is 1.83 bits per heavy atom. The maximum atomic E-state index is 5.28. The monoisotopic (exact) mass is 262 g/mol. The maximum absolute atomic E-state index is 5.28. The highest BCUT2D eigenvalue weighted by molar-refractivity contribution is 7.12. The molecular formula is C13H14N2O2S. The van der Waals surface area contributed by atoms with Crippen molar-refractivity contribution in [2.45, 2.75) is 7.43 Å². The highest BCUT2D eigenvalue weighted by atomic mass is 32.1. The van der Waals surface area contributed by atoms with Crippen molar-refractivity contribution in [1.29, 1.82) is 0 Å². The van der Waals surface area contributed by atoms with Crippen LogP contribution in [0.15, 0.2) is 28.8 Å². The fraction of sp³-hybridized carbons (Fsp3) is 0.231. The second-order valence-electron chi connectivity index (χ2n) is 3.55. The van der Waals surface area contributed by atoms with Crippen LogP contribution < -0.4 is 9.47 Å². The van der Waals surface area contributed by atoms with Crippen LogP contribution in [0.2, 0.25) is 0 Å². The van der Waals surface area contributed by atoms with Crippen molar-refractivity contribution in [2.24, 2.45) is 4.99 Å². The maximum Gasteiger partial charge on any atom is 0.162 e. The van der Waals surface area contributed by atoms with Crippen LogP contribution in [0.1, 0.15) is 17.9 Å². The van der Waals surface area contributed by atoms with Crippen LogP contribution in [-0.4, -0.2) is 24.9 Å². The summed E-state index contributed by atoms with van der Waals surface area (Å²) >= 11 is 1.58. The minimum Gasteiger partial charge on any atom is -0.493 e. The van der Waals surface area contributed by atoms with Crippen LogP contribution in [-0.2, 0) is 0 Å². The molecule has 1 aromatic carbocycles. The lowest BCUT2D eigenvalue weighted by molar-refractivity contribution is 0.355. The first-order valence-electron chi connectivity index (χ1n) is 5.07. The molecule has 0 fully saturated rings. The van der Waals surface area contributed by atoms with Crippen LogP contribution >= 0.6 is 11.3 Å². The van der Waals surface area contributed by atoms with E-state index in [-0.39, 0.29) is 7.43 Å². The third kappa shape index (κ3) is 1.76. The van der Waals surface area contributed by atoms with Crippen molar-refractivity contribution >= 4 is 22.7 Å². The van der Waals surface area contributed by atoms with Crippen molar-refractivity contribution in [3.63, 3.8) is 0 Å². The first-order valence-corrected chi connectivity index (χ1v) is 5.95. The minimum atomic E-state index is 0. The first-order chi connectivity index (χ1) is 8.33. The van der Waals surface area contributed by atoms with Gasteiger partial charge in [-0.1, -0.05) is 7.43 Å². The van der Waals surface area contributed by atoms with E-state index in [2.05, 4.69) is 9.98 Å². The predicted octanol–water partition coefficient (Wildman–Crippen LogP) is 3.28. The lowest BCUT2D eigenvalue weighted by Gasteiger charge is -2.19. The summed E-state index contributed by atoms with van der Waals surface area (Å²) in [7, 11) is 3.25. The Balaban J connectivity index is 0.00000120. The molecule has 1 aliphatic heterocycles. The van der Waals surface area contributed by atoms with Gasteiger partial charge in [-0.25, -0.2) is 4.99 Å². The SMILES string of the molecule is C.COc1cc2c(cc1OC)C(c1cncs1)=N2. The van der Waals surface area contributed by atoms with Gasteiger partial charge in [-0.3, -0.25) is 4.98 Å². The van der Waals surface area contributed by atoms with Gasteiger partial charge in [0, 0.05) is 17.8 Å². The Kier molecular flexibility index (Phi) is 3.34. The number of thiazole rings is 1. The van der Waals surface area contributed by atoms with Crippen molar-refractivity contribution in [3.05, 3.63) is 34.3 Å². The quantitative estimate of drug-likeness (QED) is 0.727. The zero-order valence-electron chi connectivity index (χ0n) is 9.43. The Morgan fingerprint density at radius 3 is 2.44 bits per heavy atom. The van der Waals surface area contributed by atoms with Gasteiger partial charge in [0.05, 0.1) is 36.0 Å². The zero-order valence-corrected chi connectivity index (χ0v) is 10.2. The summed E-state index contributed by atoms with van der Waals surface area (Å²) in [6.45, 7) is 0. The fourth-order valence-corrected chi connectivity index (χ4v) is 2.42. The summed E-state index contributed by atoms with van der Waals surface area (Å²) in [5.41, 5.74) is 4.80. The van der Waals surface area contributed by atoms with Gasteiger partial charge in [0.1, 0.15) is 0 Å². The normalized spacial score (nSPS) is 11.8. The van der Waals surface area contributed by atoms with E-state index in [0.717, 1.165) is 27.6 Å². The molecule has 2 aromatic rings. The molecule has 0 saturated carbocycles. The number of hydrogen-bond acceptors (Lipinski definition) is 5. The highest BCUT2D eigenvalue weighted by Gasteiger charge is 2.24. The van der Waals surface area contributed by atoms with E-state index in [1.54, 1.807) is 31.1 Å². The summed E-state index contributed by atoms with van der Waals surface area (Å²) < 4.78 is 10.5. The van der Waals surface area contributed by atoms with E-state index < -0.39 is 0 Å². The Morgan fingerprint density at radius 1 is 1.11 bits per heavy atom. The molecule has 3 rings (SSSR count). The fourth-order valence-electron chi connectivity index (χ4n) is 1.80. The molecule has 0 atom stereocenters. The Hall–Kier alpha value is -1.88. The zero-order chi connectivity index (χ0) is 11.8. The van der Waals surface area contributed by atoms with E-state index in [1.165, 1.54) is 0 Å². The van der Waals surface area contributed by atoms with Crippen molar-refractivity contribution in [2.75, 3.05) is 14.2 Å². The van der Waals surface area contributed by atoms with Gasteiger partial charge in [-0.2, -0.15) is 0 Å². The lowest BCUT2D eigenvalue weighted by Crippen LogP contribution is -2.10. The molecule has 4 nitrogen and oxygen atoms in total.